The Morgan fingerprint density at radius 2 is 2.07 bits per heavy atom. The van der Waals surface area contributed by atoms with Gasteiger partial charge < -0.3 is 9.84 Å². The van der Waals surface area contributed by atoms with E-state index in [0.29, 0.717) is 5.56 Å². The summed E-state index contributed by atoms with van der Waals surface area (Å²) in [7, 11) is 0. The van der Waals surface area contributed by atoms with Gasteiger partial charge in [-0.3, -0.25) is 0 Å². The lowest BCUT2D eigenvalue weighted by Gasteiger charge is -2.11. The van der Waals surface area contributed by atoms with Crippen molar-refractivity contribution in [3.8, 4) is 5.75 Å². The maximum atomic E-state index is 11.6. The highest BCUT2D eigenvalue weighted by atomic mass is 79.9. The lowest BCUT2D eigenvalue weighted by atomic mass is 10.1. The average Bonchev–Trinajstić information content (AvgIpc) is 1.99. The van der Waals surface area contributed by atoms with E-state index >= 15 is 0 Å². The van der Waals surface area contributed by atoms with Gasteiger partial charge in [-0.1, -0.05) is 15.9 Å². The standard InChI is InChI=1S/C11H13BrO3/c1-6(2)15-11(14)10-7(3)4-8(12)5-9(10)13/h4-6,13H,1-3H3. The number of hydrogen-bond donors (Lipinski definition) is 1. The predicted molar refractivity (Wildman–Crippen MR) is 61.1 cm³/mol. The van der Waals surface area contributed by atoms with Crippen LogP contribution in [0, 0.1) is 6.92 Å². The number of carbonyl (C=O) groups is 1. The van der Waals surface area contributed by atoms with Crippen molar-refractivity contribution in [1.29, 1.82) is 0 Å². The number of esters is 1. The second kappa shape index (κ2) is 4.66. The third-order valence-corrected chi connectivity index (χ3v) is 2.28. The van der Waals surface area contributed by atoms with E-state index in [1.165, 1.54) is 6.07 Å². The van der Waals surface area contributed by atoms with Crippen LogP contribution in [-0.2, 0) is 4.74 Å². The van der Waals surface area contributed by atoms with Gasteiger partial charge in [-0.15, -0.1) is 0 Å². The fourth-order valence-electron chi connectivity index (χ4n) is 1.26. The molecule has 0 aliphatic carbocycles. The summed E-state index contributed by atoms with van der Waals surface area (Å²) in [6.45, 7) is 5.29. The van der Waals surface area contributed by atoms with Crippen LogP contribution in [0.1, 0.15) is 29.8 Å². The van der Waals surface area contributed by atoms with Crippen LogP contribution in [-0.4, -0.2) is 17.2 Å². The minimum Gasteiger partial charge on any atom is -0.507 e. The largest absolute Gasteiger partial charge is 0.507 e. The number of phenols is 1. The summed E-state index contributed by atoms with van der Waals surface area (Å²) in [6.07, 6.45) is -0.194. The third-order valence-electron chi connectivity index (χ3n) is 1.83. The van der Waals surface area contributed by atoms with E-state index in [9.17, 15) is 9.90 Å². The maximum absolute atomic E-state index is 11.6. The number of aromatic hydroxyl groups is 1. The first kappa shape index (κ1) is 12.0. The molecule has 0 radical (unpaired) electrons. The van der Waals surface area contributed by atoms with Gasteiger partial charge in [-0.25, -0.2) is 4.79 Å². The SMILES string of the molecule is Cc1cc(Br)cc(O)c1C(=O)OC(C)C. The lowest BCUT2D eigenvalue weighted by Crippen LogP contribution is -2.13. The van der Waals surface area contributed by atoms with Crippen LogP contribution in [0.3, 0.4) is 0 Å². The Kier molecular flexibility index (Phi) is 3.74. The molecule has 1 aromatic carbocycles. The van der Waals surface area contributed by atoms with Gasteiger partial charge in [-0.2, -0.15) is 0 Å². The molecule has 0 aromatic heterocycles. The summed E-state index contributed by atoms with van der Waals surface area (Å²) in [5.74, 6) is -0.556. The summed E-state index contributed by atoms with van der Waals surface area (Å²) in [6, 6.07) is 3.24. The second-order valence-electron chi connectivity index (χ2n) is 3.57. The molecule has 3 nitrogen and oxygen atoms in total. The normalized spacial score (nSPS) is 10.5. The van der Waals surface area contributed by atoms with Crippen molar-refractivity contribution in [3.05, 3.63) is 27.7 Å². The van der Waals surface area contributed by atoms with Gasteiger partial charge in [0, 0.05) is 4.47 Å². The van der Waals surface area contributed by atoms with Crippen molar-refractivity contribution >= 4 is 21.9 Å². The zero-order chi connectivity index (χ0) is 11.6. The van der Waals surface area contributed by atoms with E-state index in [0.717, 1.165) is 4.47 Å². The number of rotatable bonds is 2. The molecule has 0 bridgehead atoms. The molecule has 4 heteroatoms. The van der Waals surface area contributed by atoms with Crippen molar-refractivity contribution in [2.24, 2.45) is 0 Å². The van der Waals surface area contributed by atoms with Crippen LogP contribution < -0.4 is 0 Å². The van der Waals surface area contributed by atoms with Crippen LogP contribution >= 0.6 is 15.9 Å². The molecule has 0 unspecified atom stereocenters. The summed E-state index contributed by atoms with van der Waals surface area (Å²) >= 11 is 3.23. The van der Waals surface area contributed by atoms with Crippen LogP contribution in [0.25, 0.3) is 0 Å². The molecule has 82 valence electrons. The van der Waals surface area contributed by atoms with Crippen molar-refractivity contribution in [2.45, 2.75) is 26.9 Å². The summed E-state index contributed by atoms with van der Waals surface area (Å²) < 4.78 is 5.76. The molecular formula is C11H13BrO3. The first-order valence-electron chi connectivity index (χ1n) is 4.62. The number of benzene rings is 1. The van der Waals surface area contributed by atoms with Crippen LogP contribution in [0.15, 0.2) is 16.6 Å². The highest BCUT2D eigenvalue weighted by Gasteiger charge is 2.17. The topological polar surface area (TPSA) is 46.5 Å². The van der Waals surface area contributed by atoms with Gasteiger partial charge in [0.15, 0.2) is 0 Å². The molecule has 1 N–H and O–H groups in total. The van der Waals surface area contributed by atoms with Gasteiger partial charge in [0.1, 0.15) is 11.3 Å². The molecule has 0 amide bonds. The minimum atomic E-state index is -0.493. The zero-order valence-electron chi connectivity index (χ0n) is 8.87. The molecule has 0 heterocycles. The predicted octanol–water partition coefficient (Wildman–Crippen LogP) is 3.03. The molecule has 0 saturated carbocycles. The van der Waals surface area contributed by atoms with Gasteiger partial charge in [0.05, 0.1) is 6.10 Å². The van der Waals surface area contributed by atoms with Crippen molar-refractivity contribution < 1.29 is 14.6 Å². The fraction of sp³-hybridized carbons (Fsp3) is 0.364. The molecule has 15 heavy (non-hydrogen) atoms. The minimum absolute atomic E-state index is 0.0625. The third kappa shape index (κ3) is 2.96. The van der Waals surface area contributed by atoms with Gasteiger partial charge in [0.2, 0.25) is 0 Å². The summed E-state index contributed by atoms with van der Waals surface area (Å²) in [5.41, 5.74) is 0.916. The number of carbonyl (C=O) groups excluding carboxylic acids is 1. The maximum Gasteiger partial charge on any atom is 0.342 e. The van der Waals surface area contributed by atoms with Crippen LogP contribution in [0.4, 0.5) is 0 Å². The van der Waals surface area contributed by atoms with Gasteiger partial charge in [-0.05, 0) is 38.5 Å². The van der Waals surface area contributed by atoms with Crippen molar-refractivity contribution in [1.82, 2.24) is 0 Å². The van der Waals surface area contributed by atoms with E-state index in [4.69, 9.17) is 4.74 Å². The molecule has 0 saturated heterocycles. The summed E-state index contributed by atoms with van der Waals surface area (Å²) in [5, 5.41) is 9.62. The van der Waals surface area contributed by atoms with E-state index in [1.54, 1.807) is 26.8 Å². The van der Waals surface area contributed by atoms with E-state index in [-0.39, 0.29) is 17.4 Å². The first-order valence-corrected chi connectivity index (χ1v) is 5.41. The average molecular weight is 273 g/mol. The number of hydrogen-bond acceptors (Lipinski definition) is 3. The molecule has 0 atom stereocenters. The Hall–Kier alpha value is -1.03. The Balaban J connectivity index is 3.09. The quantitative estimate of drug-likeness (QED) is 0.842. The molecule has 0 aliphatic heterocycles. The number of phenolic OH excluding ortho intramolecular Hbond substituents is 1. The molecule has 0 spiro atoms. The second-order valence-corrected chi connectivity index (χ2v) is 4.49. The smallest absolute Gasteiger partial charge is 0.342 e. The number of aryl methyl sites for hydroxylation is 1. The molecule has 0 aliphatic rings. The van der Waals surface area contributed by atoms with Crippen LogP contribution in [0.2, 0.25) is 0 Å². The highest BCUT2D eigenvalue weighted by Crippen LogP contribution is 2.27. The number of halogens is 1. The van der Waals surface area contributed by atoms with E-state index in [1.807, 2.05) is 0 Å². The molecule has 1 rings (SSSR count). The van der Waals surface area contributed by atoms with Crippen molar-refractivity contribution in [2.75, 3.05) is 0 Å². The van der Waals surface area contributed by atoms with Gasteiger partial charge in [0.25, 0.3) is 0 Å². The van der Waals surface area contributed by atoms with Crippen molar-refractivity contribution in [3.63, 3.8) is 0 Å². The van der Waals surface area contributed by atoms with Gasteiger partial charge >= 0.3 is 5.97 Å². The van der Waals surface area contributed by atoms with E-state index < -0.39 is 5.97 Å². The highest BCUT2D eigenvalue weighted by molar-refractivity contribution is 9.10. The number of ether oxygens (including phenoxy) is 1. The molecule has 1 aromatic rings. The molecule has 0 fully saturated rings. The first-order chi connectivity index (χ1) is 6.91. The Bertz CT molecular complexity index is 362. The Labute approximate surface area is 97.2 Å². The summed E-state index contributed by atoms with van der Waals surface area (Å²) in [4.78, 5) is 11.6. The zero-order valence-corrected chi connectivity index (χ0v) is 10.5. The monoisotopic (exact) mass is 272 g/mol. The molecular weight excluding hydrogens is 260 g/mol. The Morgan fingerprint density at radius 3 is 2.53 bits per heavy atom. The van der Waals surface area contributed by atoms with Crippen LogP contribution in [0.5, 0.6) is 5.75 Å². The lowest BCUT2D eigenvalue weighted by molar-refractivity contribution is 0.0374. The fourth-order valence-corrected chi connectivity index (χ4v) is 1.82. The van der Waals surface area contributed by atoms with E-state index in [2.05, 4.69) is 15.9 Å². The Morgan fingerprint density at radius 1 is 1.47 bits per heavy atom.